The zero-order valence-corrected chi connectivity index (χ0v) is 17.6. The molecule has 3 atom stereocenters. The van der Waals surface area contributed by atoms with Crippen molar-refractivity contribution in [3.8, 4) is 0 Å². The maximum absolute atomic E-state index is 14.7. The molecular weight excluding hydrogens is 394 g/mol. The third-order valence-electron chi connectivity index (χ3n) is 7.15. The zero-order valence-electron chi connectivity index (χ0n) is 17.6. The van der Waals surface area contributed by atoms with E-state index in [4.69, 9.17) is 14.5 Å². The van der Waals surface area contributed by atoms with Crippen molar-refractivity contribution >= 4 is 11.8 Å². The van der Waals surface area contributed by atoms with Gasteiger partial charge in [0.15, 0.2) is 0 Å². The fourth-order valence-electron chi connectivity index (χ4n) is 5.22. The molecule has 0 amide bonds. The fourth-order valence-corrected chi connectivity index (χ4v) is 5.22. The lowest BCUT2D eigenvalue weighted by Gasteiger charge is -2.50. The first-order valence-electron chi connectivity index (χ1n) is 11.0. The molecule has 1 saturated carbocycles. The van der Waals surface area contributed by atoms with E-state index in [1.807, 2.05) is 11.8 Å². The van der Waals surface area contributed by atoms with Gasteiger partial charge in [-0.3, -0.25) is 9.36 Å². The van der Waals surface area contributed by atoms with Crippen LogP contribution in [0.2, 0.25) is 0 Å². The summed E-state index contributed by atoms with van der Waals surface area (Å²) in [6.45, 7) is 6.01. The van der Waals surface area contributed by atoms with Crippen LogP contribution in [0.4, 0.5) is 20.5 Å². The molecule has 4 heterocycles. The van der Waals surface area contributed by atoms with E-state index in [0.717, 1.165) is 26.2 Å². The molecule has 1 aromatic heterocycles. The van der Waals surface area contributed by atoms with Crippen molar-refractivity contribution in [3.05, 3.63) is 16.4 Å². The molecule has 3 fully saturated rings. The van der Waals surface area contributed by atoms with E-state index in [2.05, 4.69) is 0 Å². The molecule has 7 nitrogen and oxygen atoms in total. The van der Waals surface area contributed by atoms with Crippen LogP contribution in [0.1, 0.15) is 39.5 Å². The Morgan fingerprint density at radius 2 is 2.03 bits per heavy atom. The van der Waals surface area contributed by atoms with E-state index in [9.17, 15) is 13.6 Å². The van der Waals surface area contributed by atoms with Gasteiger partial charge < -0.3 is 19.3 Å². The Kier molecular flexibility index (Phi) is 4.81. The fraction of sp³-hybridized carbons (Fsp3) is 0.810. The maximum atomic E-state index is 14.7. The number of rotatable bonds is 5. The first-order valence-corrected chi connectivity index (χ1v) is 11.0. The molecule has 0 bridgehead atoms. The highest BCUT2D eigenvalue weighted by molar-refractivity contribution is 5.48. The molecule has 2 saturated heterocycles. The van der Waals surface area contributed by atoms with E-state index in [0.29, 0.717) is 50.6 Å². The Bertz CT molecular complexity index is 863. The molecule has 166 valence electrons. The second kappa shape index (κ2) is 7.15. The number of morpholine rings is 1. The highest BCUT2D eigenvalue weighted by Gasteiger charge is 2.54. The lowest BCUT2D eigenvalue weighted by molar-refractivity contribution is -0.157. The standard InChI is InChI=1S/C21H30F2N4O3/c1-14-12-29-10-8-25(14)17-11-18(28)26-7-5-16(20(2,22)23)27(19(26)24-17)13-21(6-9-30-21)15-3-4-15/h11,14-16H,3-10,12-13H2,1-2H3/t14-,16+,21?/m1/s1. The number of alkyl halides is 2. The van der Waals surface area contributed by atoms with Gasteiger partial charge in [-0.25, -0.2) is 8.78 Å². The Labute approximate surface area is 175 Å². The van der Waals surface area contributed by atoms with Crippen LogP contribution in [0.15, 0.2) is 10.9 Å². The number of ether oxygens (including phenoxy) is 2. The van der Waals surface area contributed by atoms with Gasteiger partial charge in [-0.05, 0) is 32.1 Å². The number of nitrogens with zero attached hydrogens (tertiary/aromatic N) is 4. The van der Waals surface area contributed by atoms with Crippen molar-refractivity contribution in [1.82, 2.24) is 9.55 Å². The van der Waals surface area contributed by atoms with Crippen molar-refractivity contribution in [3.63, 3.8) is 0 Å². The van der Waals surface area contributed by atoms with E-state index in [1.54, 1.807) is 9.47 Å². The van der Waals surface area contributed by atoms with Crippen LogP contribution in [-0.4, -0.2) is 66.1 Å². The van der Waals surface area contributed by atoms with Crippen LogP contribution in [0.25, 0.3) is 0 Å². The smallest absolute Gasteiger partial charge is 0.265 e. The minimum Gasteiger partial charge on any atom is -0.377 e. The van der Waals surface area contributed by atoms with Crippen LogP contribution in [0, 0.1) is 5.92 Å². The summed E-state index contributed by atoms with van der Waals surface area (Å²) in [5.41, 5.74) is -0.572. The second-order valence-electron chi connectivity index (χ2n) is 9.35. The normalized spacial score (nSPS) is 32.0. The summed E-state index contributed by atoms with van der Waals surface area (Å²) in [6.07, 6.45) is 3.24. The Morgan fingerprint density at radius 3 is 2.63 bits per heavy atom. The summed E-state index contributed by atoms with van der Waals surface area (Å²) in [4.78, 5) is 21.5. The van der Waals surface area contributed by atoms with Crippen molar-refractivity contribution < 1.29 is 18.3 Å². The van der Waals surface area contributed by atoms with Gasteiger partial charge in [0.2, 0.25) is 5.95 Å². The van der Waals surface area contributed by atoms with Crippen molar-refractivity contribution in [2.45, 2.75) is 69.7 Å². The largest absolute Gasteiger partial charge is 0.377 e. The van der Waals surface area contributed by atoms with Crippen LogP contribution in [0.5, 0.6) is 0 Å². The molecule has 0 aromatic carbocycles. The van der Waals surface area contributed by atoms with E-state index in [1.165, 1.54) is 6.07 Å². The molecule has 3 aliphatic heterocycles. The predicted molar refractivity (Wildman–Crippen MR) is 109 cm³/mol. The number of hydrogen-bond donors (Lipinski definition) is 0. The molecule has 30 heavy (non-hydrogen) atoms. The quantitative estimate of drug-likeness (QED) is 0.723. The molecule has 1 aromatic rings. The van der Waals surface area contributed by atoms with Gasteiger partial charge in [0, 0.05) is 32.5 Å². The van der Waals surface area contributed by atoms with E-state index < -0.39 is 12.0 Å². The van der Waals surface area contributed by atoms with Crippen LogP contribution >= 0.6 is 0 Å². The molecule has 0 N–H and O–H groups in total. The number of fused-ring (bicyclic) bond motifs is 1. The van der Waals surface area contributed by atoms with Crippen molar-refractivity contribution in [1.29, 1.82) is 0 Å². The highest BCUT2D eigenvalue weighted by atomic mass is 19.3. The third kappa shape index (κ3) is 3.39. The first kappa shape index (κ1) is 20.2. The van der Waals surface area contributed by atoms with Crippen LogP contribution in [0.3, 0.4) is 0 Å². The SMILES string of the molecule is C[C@@H]1COCCN1c1cc(=O)n2c(n1)N(CC1(C3CC3)CCO1)[C@H](C(C)(F)F)CC2. The number of aromatic nitrogens is 2. The third-order valence-corrected chi connectivity index (χ3v) is 7.15. The Hall–Kier alpha value is -1.74. The second-order valence-corrected chi connectivity index (χ2v) is 9.35. The number of halogens is 2. The van der Waals surface area contributed by atoms with Crippen molar-refractivity contribution in [2.75, 3.05) is 42.7 Å². The lowest BCUT2D eigenvalue weighted by atomic mass is 9.87. The maximum Gasteiger partial charge on any atom is 0.265 e. The summed E-state index contributed by atoms with van der Waals surface area (Å²) >= 11 is 0. The number of hydrogen-bond acceptors (Lipinski definition) is 6. The highest BCUT2D eigenvalue weighted by Crippen LogP contribution is 2.50. The van der Waals surface area contributed by atoms with Crippen LogP contribution in [-0.2, 0) is 16.0 Å². The van der Waals surface area contributed by atoms with Gasteiger partial charge in [-0.1, -0.05) is 0 Å². The molecule has 0 spiro atoms. The first-order chi connectivity index (χ1) is 14.3. The van der Waals surface area contributed by atoms with Gasteiger partial charge in [0.1, 0.15) is 5.82 Å². The monoisotopic (exact) mass is 424 g/mol. The lowest BCUT2D eigenvalue weighted by Crippen LogP contribution is -2.61. The summed E-state index contributed by atoms with van der Waals surface area (Å²) < 4.78 is 42.4. The average molecular weight is 424 g/mol. The molecule has 1 aliphatic carbocycles. The minimum atomic E-state index is -2.90. The van der Waals surface area contributed by atoms with Crippen LogP contribution < -0.4 is 15.4 Å². The van der Waals surface area contributed by atoms with E-state index in [-0.39, 0.29) is 30.2 Å². The molecule has 4 aliphatic rings. The molecule has 1 unspecified atom stereocenters. The summed E-state index contributed by atoms with van der Waals surface area (Å²) in [6, 6.07) is 0.605. The summed E-state index contributed by atoms with van der Waals surface area (Å²) in [5, 5.41) is 0. The number of anilines is 2. The predicted octanol–water partition coefficient (Wildman–Crippen LogP) is 2.27. The zero-order chi connectivity index (χ0) is 21.1. The molecule has 5 rings (SSSR count). The van der Waals surface area contributed by atoms with Crippen molar-refractivity contribution in [2.24, 2.45) is 5.92 Å². The van der Waals surface area contributed by atoms with Gasteiger partial charge in [-0.2, -0.15) is 4.98 Å². The summed E-state index contributed by atoms with van der Waals surface area (Å²) in [7, 11) is 0. The van der Waals surface area contributed by atoms with Gasteiger partial charge in [0.25, 0.3) is 11.5 Å². The topological polar surface area (TPSA) is 59.8 Å². The molecular formula is C21H30F2N4O3. The van der Waals surface area contributed by atoms with Gasteiger partial charge in [-0.15, -0.1) is 0 Å². The summed E-state index contributed by atoms with van der Waals surface area (Å²) in [5.74, 6) is -1.59. The Balaban J connectivity index is 1.56. The van der Waals surface area contributed by atoms with Gasteiger partial charge >= 0.3 is 0 Å². The minimum absolute atomic E-state index is 0.0712. The molecule has 0 radical (unpaired) electrons. The molecule has 9 heteroatoms. The average Bonchev–Trinajstić information content (AvgIpc) is 3.49. The van der Waals surface area contributed by atoms with Gasteiger partial charge in [0.05, 0.1) is 44.1 Å². The van der Waals surface area contributed by atoms with E-state index >= 15 is 0 Å². The Morgan fingerprint density at radius 1 is 1.27 bits per heavy atom.